The summed E-state index contributed by atoms with van der Waals surface area (Å²) < 4.78 is 6.90. The molecule has 1 aliphatic heterocycles. The van der Waals surface area contributed by atoms with Crippen LogP contribution in [0.4, 0.5) is 5.82 Å². The Morgan fingerprint density at radius 3 is 2.69 bits per heavy atom. The second-order valence-electron chi connectivity index (χ2n) is 7.71. The standard InChI is InChI=1S/C17H23BrN4O3Si/c1-17(18)13(24)11(8-23)25-16(17)22-7-10(5-6-26(2,3)4)12-14(19)20-9-21-15(12)22/h7,9,11,13,16,23-24H,8H2,1-4H3,(H2,19,20,21)/t11-,13-,16-,17-/m1/s1. The van der Waals surface area contributed by atoms with Crippen LogP contribution in [-0.4, -0.2) is 56.0 Å². The van der Waals surface area contributed by atoms with Gasteiger partial charge in [-0.15, -0.1) is 5.54 Å². The van der Waals surface area contributed by atoms with E-state index in [0.717, 1.165) is 5.56 Å². The van der Waals surface area contributed by atoms with Crippen LogP contribution >= 0.6 is 15.9 Å². The number of halogens is 1. The zero-order valence-corrected chi connectivity index (χ0v) is 17.8. The third-order valence-corrected chi connectivity index (χ3v) is 6.10. The summed E-state index contributed by atoms with van der Waals surface area (Å²) in [6.07, 6.45) is 1.06. The Morgan fingerprint density at radius 1 is 1.42 bits per heavy atom. The number of hydrogen-bond donors (Lipinski definition) is 3. The Morgan fingerprint density at radius 2 is 2.12 bits per heavy atom. The summed E-state index contributed by atoms with van der Waals surface area (Å²) in [7, 11) is -1.59. The molecule has 4 N–H and O–H groups in total. The van der Waals surface area contributed by atoms with Gasteiger partial charge in [0.25, 0.3) is 0 Å². The van der Waals surface area contributed by atoms with E-state index in [9.17, 15) is 10.2 Å². The molecule has 9 heteroatoms. The van der Waals surface area contributed by atoms with Gasteiger partial charge < -0.3 is 25.3 Å². The number of fused-ring (bicyclic) bond motifs is 1. The van der Waals surface area contributed by atoms with E-state index in [1.165, 1.54) is 6.33 Å². The van der Waals surface area contributed by atoms with Crippen molar-refractivity contribution in [2.45, 2.75) is 49.3 Å². The van der Waals surface area contributed by atoms with Crippen molar-refractivity contribution in [2.24, 2.45) is 0 Å². The molecule has 0 bridgehead atoms. The smallest absolute Gasteiger partial charge is 0.153 e. The van der Waals surface area contributed by atoms with Crippen molar-refractivity contribution in [3.05, 3.63) is 18.1 Å². The van der Waals surface area contributed by atoms with Crippen LogP contribution < -0.4 is 5.73 Å². The molecule has 26 heavy (non-hydrogen) atoms. The monoisotopic (exact) mass is 438 g/mol. The molecule has 0 radical (unpaired) electrons. The van der Waals surface area contributed by atoms with Crippen LogP contribution in [0.1, 0.15) is 18.7 Å². The van der Waals surface area contributed by atoms with Crippen LogP contribution in [0.5, 0.6) is 0 Å². The van der Waals surface area contributed by atoms with Crippen LogP contribution in [0.15, 0.2) is 12.5 Å². The van der Waals surface area contributed by atoms with Gasteiger partial charge in [0.05, 0.1) is 21.9 Å². The van der Waals surface area contributed by atoms with E-state index in [1.54, 1.807) is 4.57 Å². The van der Waals surface area contributed by atoms with Gasteiger partial charge in [-0.1, -0.05) is 41.5 Å². The van der Waals surface area contributed by atoms with E-state index in [0.29, 0.717) is 16.9 Å². The molecule has 2 aromatic rings. The summed E-state index contributed by atoms with van der Waals surface area (Å²) in [5.74, 6) is 3.57. The second-order valence-corrected chi connectivity index (χ2v) is 14.2. The van der Waals surface area contributed by atoms with Crippen molar-refractivity contribution < 1.29 is 14.9 Å². The van der Waals surface area contributed by atoms with Crippen molar-refractivity contribution in [3.63, 3.8) is 0 Å². The maximum atomic E-state index is 10.5. The molecule has 0 saturated carbocycles. The fraction of sp³-hybridized carbons (Fsp3) is 0.529. The van der Waals surface area contributed by atoms with Gasteiger partial charge in [0.2, 0.25) is 0 Å². The molecule has 1 fully saturated rings. The molecule has 1 saturated heterocycles. The van der Waals surface area contributed by atoms with Gasteiger partial charge in [-0.2, -0.15) is 0 Å². The lowest BCUT2D eigenvalue weighted by molar-refractivity contribution is -0.0437. The lowest BCUT2D eigenvalue weighted by atomic mass is 10.0. The van der Waals surface area contributed by atoms with Crippen LogP contribution in [0.2, 0.25) is 19.6 Å². The predicted molar refractivity (Wildman–Crippen MR) is 106 cm³/mol. The lowest BCUT2D eigenvalue weighted by Crippen LogP contribution is -2.39. The van der Waals surface area contributed by atoms with E-state index in [4.69, 9.17) is 10.5 Å². The fourth-order valence-electron chi connectivity index (χ4n) is 3.00. The lowest BCUT2D eigenvalue weighted by Gasteiger charge is -2.27. The average molecular weight is 439 g/mol. The van der Waals surface area contributed by atoms with Gasteiger partial charge >= 0.3 is 0 Å². The second kappa shape index (κ2) is 6.62. The van der Waals surface area contributed by atoms with Crippen molar-refractivity contribution in [3.8, 4) is 11.5 Å². The van der Waals surface area contributed by atoms with E-state index in [-0.39, 0.29) is 6.61 Å². The number of ether oxygens (including phenoxy) is 1. The maximum Gasteiger partial charge on any atom is 0.153 e. The minimum absolute atomic E-state index is 0.280. The molecule has 3 rings (SSSR count). The predicted octanol–water partition coefficient (Wildman–Crippen LogP) is 1.65. The normalized spacial score (nSPS) is 29.0. The highest BCUT2D eigenvalue weighted by Gasteiger charge is 2.52. The number of nitrogen functional groups attached to an aromatic ring is 1. The number of anilines is 1. The summed E-state index contributed by atoms with van der Waals surface area (Å²) in [6.45, 7) is 8.03. The first kappa shape index (κ1) is 19.3. The highest BCUT2D eigenvalue weighted by atomic mass is 79.9. The molecule has 140 valence electrons. The zero-order valence-electron chi connectivity index (χ0n) is 15.2. The summed E-state index contributed by atoms with van der Waals surface area (Å²) in [5.41, 5.74) is 10.7. The van der Waals surface area contributed by atoms with Crippen LogP contribution in [-0.2, 0) is 4.74 Å². The molecular weight excluding hydrogens is 416 g/mol. The number of aliphatic hydroxyl groups is 2. The molecule has 0 unspecified atom stereocenters. The number of alkyl halides is 1. The Hall–Kier alpha value is -1.44. The molecule has 3 heterocycles. The van der Waals surface area contributed by atoms with Gasteiger partial charge in [-0.05, 0) is 6.92 Å². The number of aromatic nitrogens is 3. The van der Waals surface area contributed by atoms with Crippen molar-refractivity contribution in [1.29, 1.82) is 0 Å². The minimum Gasteiger partial charge on any atom is -0.394 e. The molecule has 2 aromatic heterocycles. The Labute approximate surface area is 161 Å². The van der Waals surface area contributed by atoms with E-state index in [2.05, 4.69) is 57.0 Å². The van der Waals surface area contributed by atoms with Gasteiger partial charge in [0, 0.05) is 6.20 Å². The summed E-state index contributed by atoms with van der Waals surface area (Å²) in [4.78, 5) is 8.45. The zero-order chi connectivity index (χ0) is 19.3. The molecule has 0 aliphatic carbocycles. The molecule has 0 amide bonds. The van der Waals surface area contributed by atoms with Crippen LogP contribution in [0, 0.1) is 11.5 Å². The van der Waals surface area contributed by atoms with Gasteiger partial charge in [0.15, 0.2) is 6.23 Å². The maximum absolute atomic E-state index is 10.5. The van der Waals surface area contributed by atoms with E-state index >= 15 is 0 Å². The molecular formula is C17H23BrN4O3Si. The van der Waals surface area contributed by atoms with Crippen molar-refractivity contribution in [1.82, 2.24) is 14.5 Å². The largest absolute Gasteiger partial charge is 0.394 e. The molecule has 1 aliphatic rings. The minimum atomic E-state index is -1.59. The quantitative estimate of drug-likeness (QED) is 0.373. The third kappa shape index (κ3) is 3.28. The summed E-state index contributed by atoms with van der Waals surface area (Å²) in [6, 6.07) is 0. The number of nitrogens with two attached hydrogens (primary N) is 1. The Bertz CT molecular complexity index is 897. The highest BCUT2D eigenvalue weighted by molar-refractivity contribution is 9.10. The van der Waals surface area contributed by atoms with Crippen molar-refractivity contribution >= 4 is 40.9 Å². The third-order valence-electron chi connectivity index (χ3n) is 4.36. The van der Waals surface area contributed by atoms with Crippen LogP contribution in [0.3, 0.4) is 0 Å². The highest BCUT2D eigenvalue weighted by Crippen LogP contribution is 2.46. The number of rotatable bonds is 2. The number of aliphatic hydroxyl groups excluding tert-OH is 2. The summed E-state index contributed by atoms with van der Waals surface area (Å²) >= 11 is 3.57. The van der Waals surface area contributed by atoms with Crippen molar-refractivity contribution in [2.75, 3.05) is 12.3 Å². The topological polar surface area (TPSA) is 106 Å². The number of hydrogen-bond acceptors (Lipinski definition) is 6. The Balaban J connectivity index is 2.19. The summed E-state index contributed by atoms with van der Waals surface area (Å²) in [5, 5.41) is 20.6. The molecule has 0 aromatic carbocycles. The molecule has 7 nitrogen and oxygen atoms in total. The SMILES string of the molecule is C[C@@]1(Br)[C@H](O)[C@@H](CO)O[C@H]1n1cc(C#C[Si](C)(C)C)c2c(N)ncnc21. The Kier molecular flexibility index (Phi) is 4.92. The van der Waals surface area contributed by atoms with Gasteiger partial charge in [-0.25, -0.2) is 9.97 Å². The molecule has 0 spiro atoms. The first-order valence-electron chi connectivity index (χ1n) is 8.33. The van der Waals surface area contributed by atoms with Crippen LogP contribution in [0.25, 0.3) is 11.0 Å². The average Bonchev–Trinajstić information content (AvgIpc) is 3.02. The van der Waals surface area contributed by atoms with E-state index < -0.39 is 30.8 Å². The molecule has 4 atom stereocenters. The fourth-order valence-corrected chi connectivity index (χ4v) is 4.13. The van der Waals surface area contributed by atoms with E-state index in [1.807, 2.05) is 13.1 Å². The number of nitrogens with zero attached hydrogens (tertiary/aromatic N) is 3. The van der Waals surface area contributed by atoms with Gasteiger partial charge in [-0.3, -0.25) is 0 Å². The first-order chi connectivity index (χ1) is 12.1. The van der Waals surface area contributed by atoms with Gasteiger partial charge in [0.1, 0.15) is 38.1 Å². The first-order valence-corrected chi connectivity index (χ1v) is 12.6.